The molecule has 7 heteroatoms. The van der Waals surface area contributed by atoms with Crippen LogP contribution in [0.25, 0.3) is 0 Å². The largest absolute Gasteiger partial charge is 0.478 e. The molecule has 2 rings (SSSR count). The highest BCUT2D eigenvalue weighted by Crippen LogP contribution is 2.26. The van der Waals surface area contributed by atoms with E-state index in [0.717, 1.165) is 0 Å². The summed E-state index contributed by atoms with van der Waals surface area (Å²) < 4.78 is 6.11. The van der Waals surface area contributed by atoms with E-state index in [4.69, 9.17) is 9.84 Å². The molecule has 2 N–H and O–H groups in total. The van der Waals surface area contributed by atoms with Crippen LogP contribution in [0.3, 0.4) is 0 Å². The fourth-order valence-corrected chi connectivity index (χ4v) is 2.06. The number of halogens is 1. The molecule has 1 heterocycles. The Hall–Kier alpha value is -2.15. The first-order chi connectivity index (χ1) is 9.95. The molecule has 0 unspecified atom stereocenters. The van der Waals surface area contributed by atoms with Gasteiger partial charge in [-0.2, -0.15) is 4.98 Å². The van der Waals surface area contributed by atoms with Crippen molar-refractivity contribution >= 4 is 33.5 Å². The van der Waals surface area contributed by atoms with Gasteiger partial charge in [0.2, 0.25) is 11.8 Å². The van der Waals surface area contributed by atoms with E-state index in [1.807, 2.05) is 13.8 Å². The monoisotopic (exact) mass is 351 g/mol. The van der Waals surface area contributed by atoms with Crippen molar-refractivity contribution in [3.8, 4) is 5.88 Å². The molecular formula is C14H14BrN3O3. The normalized spacial score (nSPS) is 10.5. The first-order valence-corrected chi connectivity index (χ1v) is 7.04. The van der Waals surface area contributed by atoms with Crippen LogP contribution in [0.5, 0.6) is 5.88 Å². The number of ether oxygens (including phenoxy) is 1. The van der Waals surface area contributed by atoms with Gasteiger partial charge in [0.25, 0.3) is 0 Å². The number of rotatable bonds is 5. The molecule has 6 nitrogen and oxygen atoms in total. The van der Waals surface area contributed by atoms with Crippen LogP contribution in [0, 0.1) is 0 Å². The lowest BCUT2D eigenvalue weighted by molar-refractivity contribution is 0.0697. The molecule has 2 aromatic rings. The Morgan fingerprint density at radius 1 is 1.38 bits per heavy atom. The van der Waals surface area contributed by atoms with E-state index in [2.05, 4.69) is 31.2 Å². The van der Waals surface area contributed by atoms with Crippen molar-refractivity contribution in [2.75, 3.05) is 5.32 Å². The Labute approximate surface area is 130 Å². The SMILES string of the molecule is CC(C)Oc1ccnc(Nc2ccc(C(=O)O)cc2Br)n1. The van der Waals surface area contributed by atoms with Crippen molar-refractivity contribution in [3.63, 3.8) is 0 Å². The number of hydrogen-bond donors (Lipinski definition) is 2. The summed E-state index contributed by atoms with van der Waals surface area (Å²) in [5, 5.41) is 11.9. The molecule has 0 aliphatic carbocycles. The number of carbonyl (C=O) groups is 1. The predicted molar refractivity (Wildman–Crippen MR) is 82.2 cm³/mol. The average Bonchev–Trinajstić information content (AvgIpc) is 2.40. The van der Waals surface area contributed by atoms with E-state index in [9.17, 15) is 4.79 Å². The summed E-state index contributed by atoms with van der Waals surface area (Å²) in [5.41, 5.74) is 0.868. The molecule has 0 bridgehead atoms. The number of carboxylic acids is 1. The van der Waals surface area contributed by atoms with Gasteiger partial charge in [-0.25, -0.2) is 9.78 Å². The van der Waals surface area contributed by atoms with Gasteiger partial charge >= 0.3 is 5.97 Å². The molecule has 0 saturated carbocycles. The third-order valence-corrected chi connectivity index (χ3v) is 3.11. The van der Waals surface area contributed by atoms with Gasteiger partial charge in [-0.05, 0) is 48.0 Å². The summed E-state index contributed by atoms with van der Waals surface area (Å²) in [5.74, 6) is -0.136. The number of benzene rings is 1. The van der Waals surface area contributed by atoms with Gasteiger partial charge in [-0.3, -0.25) is 0 Å². The fourth-order valence-electron chi connectivity index (χ4n) is 1.58. The van der Waals surface area contributed by atoms with Crippen LogP contribution < -0.4 is 10.1 Å². The summed E-state index contributed by atoms with van der Waals surface area (Å²) in [6.07, 6.45) is 1.61. The van der Waals surface area contributed by atoms with E-state index >= 15 is 0 Å². The molecule has 0 aliphatic rings. The second-order valence-corrected chi connectivity index (χ2v) is 5.36. The van der Waals surface area contributed by atoms with Crippen molar-refractivity contribution in [2.45, 2.75) is 20.0 Å². The number of anilines is 2. The number of hydrogen-bond acceptors (Lipinski definition) is 5. The van der Waals surface area contributed by atoms with Crippen molar-refractivity contribution in [1.29, 1.82) is 0 Å². The fraction of sp³-hybridized carbons (Fsp3) is 0.214. The maximum atomic E-state index is 10.9. The molecule has 0 amide bonds. The number of nitrogens with zero attached hydrogens (tertiary/aromatic N) is 2. The first-order valence-electron chi connectivity index (χ1n) is 6.25. The lowest BCUT2D eigenvalue weighted by Crippen LogP contribution is -2.08. The molecule has 21 heavy (non-hydrogen) atoms. The van der Waals surface area contributed by atoms with Gasteiger partial charge in [0, 0.05) is 16.7 Å². The number of carboxylic acid groups (broad SMARTS) is 1. The van der Waals surface area contributed by atoms with E-state index in [0.29, 0.717) is 22.0 Å². The summed E-state index contributed by atoms with van der Waals surface area (Å²) in [7, 11) is 0. The molecule has 0 saturated heterocycles. The molecule has 0 radical (unpaired) electrons. The third-order valence-electron chi connectivity index (χ3n) is 2.45. The predicted octanol–water partition coefficient (Wildman–Crippen LogP) is 3.47. The van der Waals surface area contributed by atoms with Crippen LogP contribution in [0.1, 0.15) is 24.2 Å². The third kappa shape index (κ3) is 4.16. The highest BCUT2D eigenvalue weighted by molar-refractivity contribution is 9.10. The lowest BCUT2D eigenvalue weighted by Gasteiger charge is -2.11. The maximum absolute atomic E-state index is 10.9. The first kappa shape index (κ1) is 15.2. The topological polar surface area (TPSA) is 84.3 Å². The highest BCUT2D eigenvalue weighted by Gasteiger charge is 2.08. The summed E-state index contributed by atoms with van der Waals surface area (Å²) in [4.78, 5) is 19.2. The molecule has 0 aliphatic heterocycles. The molecule has 0 spiro atoms. The van der Waals surface area contributed by atoms with Gasteiger partial charge in [0.05, 0.1) is 17.4 Å². The van der Waals surface area contributed by atoms with E-state index in [1.165, 1.54) is 12.1 Å². The van der Waals surface area contributed by atoms with E-state index in [1.54, 1.807) is 18.3 Å². The zero-order valence-electron chi connectivity index (χ0n) is 11.5. The van der Waals surface area contributed by atoms with Crippen LogP contribution in [0.4, 0.5) is 11.6 Å². The number of nitrogens with one attached hydrogen (secondary N) is 1. The minimum atomic E-state index is -0.981. The number of aromatic nitrogens is 2. The Kier molecular flexibility index (Phi) is 4.74. The second-order valence-electron chi connectivity index (χ2n) is 4.51. The van der Waals surface area contributed by atoms with E-state index in [-0.39, 0.29) is 11.7 Å². The standard InChI is InChI=1S/C14H14BrN3O3/c1-8(2)21-12-5-6-16-14(18-12)17-11-4-3-9(13(19)20)7-10(11)15/h3-8H,1-2H3,(H,19,20)(H,16,17,18). The molecule has 0 fully saturated rings. The summed E-state index contributed by atoms with van der Waals surface area (Å²) >= 11 is 3.32. The van der Waals surface area contributed by atoms with Crippen LogP contribution in [-0.2, 0) is 0 Å². The van der Waals surface area contributed by atoms with Crippen LogP contribution in [-0.4, -0.2) is 27.1 Å². The lowest BCUT2D eigenvalue weighted by atomic mass is 10.2. The van der Waals surface area contributed by atoms with Crippen molar-refractivity contribution in [3.05, 3.63) is 40.5 Å². The van der Waals surface area contributed by atoms with Gasteiger partial charge in [0.1, 0.15) is 0 Å². The second kappa shape index (κ2) is 6.53. The Morgan fingerprint density at radius 2 is 2.14 bits per heavy atom. The average molecular weight is 352 g/mol. The van der Waals surface area contributed by atoms with Crippen LogP contribution in [0.2, 0.25) is 0 Å². The summed E-state index contributed by atoms with van der Waals surface area (Å²) in [6, 6.07) is 6.34. The van der Waals surface area contributed by atoms with Gasteiger partial charge < -0.3 is 15.2 Å². The quantitative estimate of drug-likeness (QED) is 0.857. The maximum Gasteiger partial charge on any atom is 0.335 e. The zero-order chi connectivity index (χ0) is 15.4. The summed E-state index contributed by atoms with van der Waals surface area (Å²) in [6.45, 7) is 3.83. The molecule has 0 atom stereocenters. The Morgan fingerprint density at radius 3 is 2.76 bits per heavy atom. The van der Waals surface area contributed by atoms with Crippen LogP contribution in [0.15, 0.2) is 34.9 Å². The van der Waals surface area contributed by atoms with Gasteiger partial charge in [-0.1, -0.05) is 0 Å². The Bertz CT molecular complexity index is 662. The van der Waals surface area contributed by atoms with Crippen molar-refractivity contribution < 1.29 is 14.6 Å². The molecule has 1 aromatic carbocycles. The number of aromatic carboxylic acids is 1. The van der Waals surface area contributed by atoms with Gasteiger partial charge in [-0.15, -0.1) is 0 Å². The minimum Gasteiger partial charge on any atom is -0.478 e. The molecular weight excluding hydrogens is 338 g/mol. The smallest absolute Gasteiger partial charge is 0.335 e. The minimum absolute atomic E-state index is 0.0225. The Balaban J connectivity index is 2.20. The van der Waals surface area contributed by atoms with Crippen molar-refractivity contribution in [2.24, 2.45) is 0 Å². The molecule has 1 aromatic heterocycles. The van der Waals surface area contributed by atoms with Crippen molar-refractivity contribution in [1.82, 2.24) is 9.97 Å². The molecule has 110 valence electrons. The highest BCUT2D eigenvalue weighted by atomic mass is 79.9. The van der Waals surface area contributed by atoms with Crippen LogP contribution >= 0.6 is 15.9 Å². The van der Waals surface area contributed by atoms with Gasteiger partial charge in [0.15, 0.2) is 0 Å². The zero-order valence-corrected chi connectivity index (χ0v) is 13.1. The van der Waals surface area contributed by atoms with E-state index < -0.39 is 5.97 Å².